The maximum absolute atomic E-state index is 12.8. The standard InChI is InChI=1S/C24H19N5OS/c1-17(23(30)26-20-12-8-9-18(15-20)16-25)31-24-28-27-22(19-10-4-2-5-11-19)29(24)21-13-6-3-7-14-21/h2-15,17H,1H3,(H,26,30). The van der Waals surface area contributed by atoms with Gasteiger partial charge in [-0.05, 0) is 37.3 Å². The van der Waals surface area contributed by atoms with E-state index in [9.17, 15) is 4.79 Å². The minimum Gasteiger partial charge on any atom is -0.325 e. The molecular formula is C24H19N5OS. The molecule has 4 aromatic rings. The summed E-state index contributed by atoms with van der Waals surface area (Å²) in [6, 6.07) is 28.6. The fourth-order valence-corrected chi connectivity index (χ4v) is 3.92. The molecule has 6 nitrogen and oxygen atoms in total. The Morgan fingerprint density at radius 1 is 1.00 bits per heavy atom. The Hall–Kier alpha value is -3.89. The number of carbonyl (C=O) groups is 1. The van der Waals surface area contributed by atoms with Crippen LogP contribution in [0.25, 0.3) is 17.1 Å². The maximum atomic E-state index is 12.8. The number of nitriles is 1. The van der Waals surface area contributed by atoms with Gasteiger partial charge >= 0.3 is 0 Å². The molecular weight excluding hydrogens is 406 g/mol. The summed E-state index contributed by atoms with van der Waals surface area (Å²) in [4.78, 5) is 12.8. The Labute approximate surface area is 184 Å². The zero-order valence-electron chi connectivity index (χ0n) is 16.8. The van der Waals surface area contributed by atoms with Gasteiger partial charge in [-0.15, -0.1) is 10.2 Å². The van der Waals surface area contributed by atoms with Crippen LogP contribution >= 0.6 is 11.8 Å². The molecule has 1 atom stereocenters. The van der Waals surface area contributed by atoms with Crippen LogP contribution in [0, 0.1) is 11.3 Å². The van der Waals surface area contributed by atoms with Gasteiger partial charge in [-0.1, -0.05) is 66.4 Å². The third-order valence-electron chi connectivity index (χ3n) is 4.59. The van der Waals surface area contributed by atoms with Gasteiger partial charge in [0.1, 0.15) is 0 Å². The van der Waals surface area contributed by atoms with E-state index in [1.807, 2.05) is 72.2 Å². The summed E-state index contributed by atoms with van der Waals surface area (Å²) in [5.74, 6) is 0.535. The maximum Gasteiger partial charge on any atom is 0.237 e. The van der Waals surface area contributed by atoms with Crippen LogP contribution < -0.4 is 5.32 Å². The number of rotatable bonds is 6. The number of thioether (sulfide) groups is 1. The first kappa shape index (κ1) is 20.4. The molecule has 1 amide bonds. The van der Waals surface area contributed by atoms with Crippen LogP contribution in [0.15, 0.2) is 90.1 Å². The summed E-state index contributed by atoms with van der Waals surface area (Å²) in [5.41, 5.74) is 2.94. The van der Waals surface area contributed by atoms with E-state index >= 15 is 0 Å². The third kappa shape index (κ3) is 4.65. The van der Waals surface area contributed by atoms with Crippen molar-refractivity contribution < 1.29 is 4.79 Å². The first-order valence-electron chi connectivity index (χ1n) is 9.69. The predicted octanol–water partition coefficient (Wildman–Crippen LogP) is 4.93. The third-order valence-corrected chi connectivity index (χ3v) is 5.63. The van der Waals surface area contributed by atoms with Crippen molar-refractivity contribution in [3.8, 4) is 23.1 Å². The van der Waals surface area contributed by atoms with Crippen molar-refractivity contribution in [2.45, 2.75) is 17.3 Å². The number of anilines is 1. The minimum absolute atomic E-state index is 0.177. The molecule has 0 radical (unpaired) electrons. The van der Waals surface area contributed by atoms with Gasteiger partial charge in [-0.3, -0.25) is 9.36 Å². The second kappa shape index (κ2) is 9.28. The monoisotopic (exact) mass is 425 g/mol. The molecule has 1 N–H and O–H groups in total. The summed E-state index contributed by atoms with van der Waals surface area (Å²) >= 11 is 1.33. The molecule has 152 valence electrons. The van der Waals surface area contributed by atoms with Gasteiger partial charge in [0.2, 0.25) is 5.91 Å². The number of para-hydroxylation sites is 1. The lowest BCUT2D eigenvalue weighted by Crippen LogP contribution is -2.23. The van der Waals surface area contributed by atoms with Crippen LogP contribution in [-0.4, -0.2) is 25.9 Å². The molecule has 3 aromatic carbocycles. The second-order valence-electron chi connectivity index (χ2n) is 6.79. The van der Waals surface area contributed by atoms with E-state index in [0.717, 1.165) is 11.3 Å². The molecule has 0 aliphatic carbocycles. The largest absolute Gasteiger partial charge is 0.325 e. The Morgan fingerprint density at radius 3 is 2.42 bits per heavy atom. The van der Waals surface area contributed by atoms with Crippen molar-refractivity contribution >= 4 is 23.4 Å². The number of nitrogens with one attached hydrogen (secondary N) is 1. The van der Waals surface area contributed by atoms with Gasteiger partial charge in [0.15, 0.2) is 11.0 Å². The first-order chi connectivity index (χ1) is 15.2. The summed E-state index contributed by atoms with van der Waals surface area (Å²) < 4.78 is 1.96. The van der Waals surface area contributed by atoms with E-state index < -0.39 is 5.25 Å². The van der Waals surface area contributed by atoms with E-state index in [0.29, 0.717) is 22.2 Å². The highest BCUT2D eigenvalue weighted by atomic mass is 32.2. The van der Waals surface area contributed by atoms with Gasteiger partial charge in [0, 0.05) is 16.9 Å². The lowest BCUT2D eigenvalue weighted by molar-refractivity contribution is -0.115. The number of hydrogen-bond donors (Lipinski definition) is 1. The fourth-order valence-electron chi connectivity index (χ4n) is 3.05. The number of carbonyl (C=O) groups excluding carboxylic acids is 1. The van der Waals surface area contributed by atoms with Crippen molar-refractivity contribution in [2.75, 3.05) is 5.32 Å². The molecule has 0 spiro atoms. The SMILES string of the molecule is CC(Sc1nnc(-c2ccccc2)n1-c1ccccc1)C(=O)Nc1cccc(C#N)c1. The number of aromatic nitrogens is 3. The number of hydrogen-bond acceptors (Lipinski definition) is 5. The van der Waals surface area contributed by atoms with Gasteiger partial charge in [0.25, 0.3) is 0 Å². The zero-order valence-corrected chi connectivity index (χ0v) is 17.6. The molecule has 31 heavy (non-hydrogen) atoms. The fraction of sp³-hybridized carbons (Fsp3) is 0.0833. The summed E-state index contributed by atoms with van der Waals surface area (Å²) in [6.07, 6.45) is 0. The first-order valence-corrected chi connectivity index (χ1v) is 10.6. The highest BCUT2D eigenvalue weighted by Gasteiger charge is 2.22. The quantitative estimate of drug-likeness (QED) is 0.443. The van der Waals surface area contributed by atoms with E-state index in [-0.39, 0.29) is 5.91 Å². The molecule has 1 unspecified atom stereocenters. The van der Waals surface area contributed by atoms with Crippen molar-refractivity contribution in [1.29, 1.82) is 5.26 Å². The lowest BCUT2D eigenvalue weighted by Gasteiger charge is -2.14. The molecule has 1 aromatic heterocycles. The molecule has 0 bridgehead atoms. The Bertz CT molecular complexity index is 1230. The number of nitrogens with zero attached hydrogens (tertiary/aromatic N) is 4. The van der Waals surface area contributed by atoms with E-state index in [4.69, 9.17) is 5.26 Å². The van der Waals surface area contributed by atoms with Crippen molar-refractivity contribution in [1.82, 2.24) is 14.8 Å². The smallest absolute Gasteiger partial charge is 0.237 e. The molecule has 0 fully saturated rings. The van der Waals surface area contributed by atoms with Gasteiger partial charge in [-0.2, -0.15) is 5.26 Å². The van der Waals surface area contributed by atoms with Crippen LogP contribution in [0.1, 0.15) is 12.5 Å². The van der Waals surface area contributed by atoms with Gasteiger partial charge < -0.3 is 5.32 Å². The average Bonchev–Trinajstić information content (AvgIpc) is 3.23. The van der Waals surface area contributed by atoms with E-state index in [1.165, 1.54) is 11.8 Å². The summed E-state index contributed by atoms with van der Waals surface area (Å²) in [5, 5.41) is 20.9. The molecule has 0 saturated carbocycles. The number of amides is 1. The van der Waals surface area contributed by atoms with Crippen LogP contribution in [0.5, 0.6) is 0 Å². The van der Waals surface area contributed by atoms with Crippen LogP contribution in [-0.2, 0) is 4.79 Å². The van der Waals surface area contributed by atoms with E-state index in [2.05, 4.69) is 21.6 Å². The van der Waals surface area contributed by atoms with Gasteiger partial charge in [-0.25, -0.2) is 0 Å². The van der Waals surface area contributed by atoms with Gasteiger partial charge in [0.05, 0.1) is 16.9 Å². The zero-order chi connectivity index (χ0) is 21.6. The van der Waals surface area contributed by atoms with Crippen LogP contribution in [0.3, 0.4) is 0 Å². The molecule has 4 rings (SSSR count). The molecule has 7 heteroatoms. The van der Waals surface area contributed by atoms with Crippen molar-refractivity contribution in [2.24, 2.45) is 0 Å². The molecule has 1 heterocycles. The van der Waals surface area contributed by atoms with Crippen LogP contribution in [0.4, 0.5) is 5.69 Å². The number of benzene rings is 3. The van der Waals surface area contributed by atoms with Crippen molar-refractivity contribution in [3.05, 3.63) is 90.5 Å². The average molecular weight is 426 g/mol. The Balaban J connectivity index is 1.61. The van der Waals surface area contributed by atoms with Crippen molar-refractivity contribution in [3.63, 3.8) is 0 Å². The topological polar surface area (TPSA) is 83.6 Å². The molecule has 0 saturated heterocycles. The van der Waals surface area contributed by atoms with Crippen LogP contribution in [0.2, 0.25) is 0 Å². The highest BCUT2D eigenvalue weighted by Crippen LogP contribution is 2.30. The molecule has 0 aliphatic rings. The minimum atomic E-state index is -0.430. The second-order valence-corrected chi connectivity index (χ2v) is 8.09. The normalized spacial score (nSPS) is 11.5. The predicted molar refractivity (Wildman–Crippen MR) is 122 cm³/mol. The summed E-state index contributed by atoms with van der Waals surface area (Å²) in [7, 11) is 0. The Morgan fingerprint density at radius 2 is 1.71 bits per heavy atom. The van der Waals surface area contributed by atoms with E-state index in [1.54, 1.807) is 24.3 Å². The highest BCUT2D eigenvalue weighted by molar-refractivity contribution is 8.00. The lowest BCUT2D eigenvalue weighted by atomic mass is 10.2. The molecule has 0 aliphatic heterocycles. The Kier molecular flexibility index (Phi) is 6.11. The summed E-state index contributed by atoms with van der Waals surface area (Å²) in [6.45, 7) is 1.82.